The minimum Gasteiger partial charge on any atom is -0.461 e. The van der Waals surface area contributed by atoms with Gasteiger partial charge in [-0.05, 0) is 81.3 Å². The van der Waals surface area contributed by atoms with E-state index < -0.39 is 0 Å². The second-order valence-electron chi connectivity index (χ2n) is 10.6. The number of piperidine rings is 1. The van der Waals surface area contributed by atoms with E-state index in [-0.39, 0.29) is 24.2 Å². The van der Waals surface area contributed by atoms with Crippen LogP contribution < -0.4 is 21.7 Å². The molecule has 1 saturated heterocycles. The first-order chi connectivity index (χ1) is 19.4. The molecular formula is C30H36Cl2N6O2. The van der Waals surface area contributed by atoms with Crippen LogP contribution in [0.1, 0.15) is 55.2 Å². The van der Waals surface area contributed by atoms with E-state index in [4.69, 9.17) is 38.7 Å². The van der Waals surface area contributed by atoms with E-state index in [0.29, 0.717) is 33.9 Å². The van der Waals surface area contributed by atoms with Crippen LogP contribution in [0.3, 0.4) is 0 Å². The number of carbonyl (C=O) groups excluding carboxylic acids is 1. The summed E-state index contributed by atoms with van der Waals surface area (Å²) in [5.41, 5.74) is 10.9. The Bertz CT molecular complexity index is 1330. The van der Waals surface area contributed by atoms with Crippen LogP contribution in [0.4, 0.5) is 11.6 Å². The van der Waals surface area contributed by atoms with Crippen molar-refractivity contribution in [1.29, 1.82) is 0 Å². The second kappa shape index (κ2) is 13.2. The van der Waals surface area contributed by atoms with E-state index in [9.17, 15) is 4.79 Å². The lowest BCUT2D eigenvalue weighted by Gasteiger charge is -2.30. The molecule has 3 aromatic rings. The highest BCUT2D eigenvalue weighted by atomic mass is 35.5. The number of carbonyl (C=O) groups is 1. The van der Waals surface area contributed by atoms with Crippen LogP contribution in [-0.2, 0) is 22.6 Å². The van der Waals surface area contributed by atoms with E-state index in [1.165, 1.54) is 5.56 Å². The molecule has 40 heavy (non-hydrogen) atoms. The van der Waals surface area contributed by atoms with E-state index in [0.717, 1.165) is 68.3 Å². The third kappa shape index (κ3) is 7.04. The lowest BCUT2D eigenvalue weighted by atomic mass is 9.98. The fourth-order valence-corrected chi connectivity index (χ4v) is 5.91. The number of benzene rings is 2. The zero-order valence-electron chi connectivity index (χ0n) is 22.7. The number of aromatic nitrogens is 2. The lowest BCUT2D eigenvalue weighted by molar-refractivity contribution is -0.152. The SMILES string of the molecule is Cc1cc(-c2cnc(N)c(NCc3c(Cl)cccc3Cl)n2)ccc1CNC1CCN[C@@H](C(=O)OC2CCCC2)C1. The molecule has 8 nitrogen and oxygen atoms in total. The Balaban J connectivity index is 1.19. The molecule has 1 aliphatic carbocycles. The van der Waals surface area contributed by atoms with Crippen LogP contribution in [-0.4, -0.2) is 40.7 Å². The van der Waals surface area contributed by atoms with Crippen molar-refractivity contribution < 1.29 is 9.53 Å². The number of hydrogen-bond donors (Lipinski definition) is 4. The van der Waals surface area contributed by atoms with Gasteiger partial charge >= 0.3 is 5.97 Å². The number of nitrogens with one attached hydrogen (secondary N) is 3. The number of ether oxygens (including phenoxy) is 1. The third-order valence-corrected chi connectivity index (χ3v) is 8.50. The fraction of sp³-hybridized carbons (Fsp3) is 0.433. The number of halogens is 2. The Morgan fingerprint density at radius 1 is 1.12 bits per heavy atom. The van der Waals surface area contributed by atoms with E-state index in [2.05, 4.69) is 40.0 Å². The summed E-state index contributed by atoms with van der Waals surface area (Å²) in [4.78, 5) is 21.7. The Morgan fingerprint density at radius 2 is 1.90 bits per heavy atom. The van der Waals surface area contributed by atoms with Gasteiger partial charge in [0.1, 0.15) is 12.1 Å². The number of aryl methyl sites for hydroxylation is 1. The maximum absolute atomic E-state index is 12.6. The molecule has 0 amide bonds. The lowest BCUT2D eigenvalue weighted by Crippen LogP contribution is -2.50. The smallest absolute Gasteiger partial charge is 0.323 e. The molecule has 0 radical (unpaired) electrons. The average molecular weight is 584 g/mol. The number of rotatable bonds is 9. The Hall–Kier alpha value is -2.91. The van der Waals surface area contributed by atoms with Crippen molar-refractivity contribution in [1.82, 2.24) is 20.6 Å². The van der Waals surface area contributed by atoms with Crippen LogP contribution in [0.5, 0.6) is 0 Å². The number of esters is 1. The molecule has 5 N–H and O–H groups in total. The Kier molecular flexibility index (Phi) is 9.42. The van der Waals surface area contributed by atoms with Gasteiger partial charge in [0.2, 0.25) is 0 Å². The molecule has 2 aliphatic rings. The third-order valence-electron chi connectivity index (χ3n) is 7.79. The van der Waals surface area contributed by atoms with Gasteiger partial charge in [-0.1, -0.05) is 41.4 Å². The number of hydrogen-bond acceptors (Lipinski definition) is 8. The summed E-state index contributed by atoms with van der Waals surface area (Å²) >= 11 is 12.6. The summed E-state index contributed by atoms with van der Waals surface area (Å²) in [6.07, 6.45) is 7.77. The van der Waals surface area contributed by atoms with Crippen LogP contribution in [0.25, 0.3) is 11.3 Å². The predicted molar refractivity (Wildman–Crippen MR) is 160 cm³/mol. The minimum absolute atomic E-state index is 0.0993. The van der Waals surface area contributed by atoms with Crippen LogP contribution in [0.15, 0.2) is 42.6 Å². The number of nitrogens with two attached hydrogens (primary N) is 1. The second-order valence-corrected chi connectivity index (χ2v) is 11.5. The highest BCUT2D eigenvalue weighted by Crippen LogP contribution is 2.28. The number of nitrogens with zero attached hydrogens (tertiary/aromatic N) is 2. The first-order valence-electron chi connectivity index (χ1n) is 13.9. The van der Waals surface area contributed by atoms with E-state index in [1.54, 1.807) is 24.4 Å². The quantitative estimate of drug-likeness (QED) is 0.239. The van der Waals surface area contributed by atoms with Gasteiger partial charge in [-0.25, -0.2) is 9.97 Å². The number of nitrogen functional groups attached to an aromatic ring is 1. The van der Waals surface area contributed by atoms with Gasteiger partial charge < -0.3 is 26.4 Å². The fourth-order valence-electron chi connectivity index (χ4n) is 5.38. The molecule has 5 rings (SSSR count). The first kappa shape index (κ1) is 28.6. The van der Waals surface area contributed by atoms with Gasteiger partial charge in [0, 0.05) is 40.3 Å². The van der Waals surface area contributed by atoms with Gasteiger partial charge in [0.15, 0.2) is 11.6 Å². The molecule has 2 aromatic carbocycles. The molecule has 0 spiro atoms. The molecule has 0 bridgehead atoms. The summed E-state index contributed by atoms with van der Waals surface area (Å²) in [6, 6.07) is 11.7. The van der Waals surface area contributed by atoms with Gasteiger partial charge in [-0.2, -0.15) is 0 Å². The number of anilines is 2. The standard InChI is InChI=1S/C30H36Cl2N6O2/c1-18-13-19(27-17-36-28(33)29(38-27)37-16-23-24(31)7-4-8-25(23)32)9-10-20(18)15-35-21-11-12-34-26(14-21)30(39)40-22-5-2-3-6-22/h4,7-10,13,17,21-22,26,34-35H,2-3,5-6,11-12,14-16H2,1H3,(H2,33,36)(H,37,38)/t21?,26-/m1/s1. The van der Waals surface area contributed by atoms with Crippen LogP contribution in [0.2, 0.25) is 10.0 Å². The molecule has 2 atom stereocenters. The zero-order valence-corrected chi connectivity index (χ0v) is 24.2. The van der Waals surface area contributed by atoms with Gasteiger partial charge in [0.25, 0.3) is 0 Å². The molecular weight excluding hydrogens is 547 g/mol. The van der Waals surface area contributed by atoms with E-state index in [1.807, 2.05) is 6.07 Å². The van der Waals surface area contributed by atoms with Crippen molar-refractivity contribution in [2.45, 2.75) is 76.7 Å². The summed E-state index contributed by atoms with van der Waals surface area (Å²) in [5.74, 6) is 0.674. The predicted octanol–water partition coefficient (Wildman–Crippen LogP) is 5.65. The highest BCUT2D eigenvalue weighted by molar-refractivity contribution is 6.36. The molecule has 1 aromatic heterocycles. The summed E-state index contributed by atoms with van der Waals surface area (Å²) in [6.45, 7) is 3.99. The largest absolute Gasteiger partial charge is 0.461 e. The summed E-state index contributed by atoms with van der Waals surface area (Å²) < 4.78 is 5.74. The maximum atomic E-state index is 12.6. The van der Waals surface area contributed by atoms with Crippen molar-refractivity contribution in [3.05, 3.63) is 69.3 Å². The topological polar surface area (TPSA) is 114 Å². The minimum atomic E-state index is -0.240. The van der Waals surface area contributed by atoms with Crippen LogP contribution in [0, 0.1) is 6.92 Å². The van der Waals surface area contributed by atoms with Gasteiger partial charge in [-0.3, -0.25) is 4.79 Å². The normalized spacial score (nSPS) is 19.5. The monoisotopic (exact) mass is 582 g/mol. The van der Waals surface area contributed by atoms with E-state index >= 15 is 0 Å². The molecule has 10 heteroatoms. The summed E-state index contributed by atoms with van der Waals surface area (Å²) in [5, 5.41) is 11.4. The average Bonchev–Trinajstić information content (AvgIpc) is 3.46. The van der Waals surface area contributed by atoms with Crippen molar-refractivity contribution in [2.24, 2.45) is 0 Å². The summed E-state index contributed by atoms with van der Waals surface area (Å²) in [7, 11) is 0. The van der Waals surface area contributed by atoms with Gasteiger partial charge in [-0.15, -0.1) is 0 Å². The van der Waals surface area contributed by atoms with Crippen LogP contribution >= 0.6 is 23.2 Å². The molecule has 2 heterocycles. The molecule has 1 aliphatic heterocycles. The molecule has 2 fully saturated rings. The molecule has 1 saturated carbocycles. The van der Waals surface area contributed by atoms with Crippen molar-refractivity contribution in [2.75, 3.05) is 17.6 Å². The molecule has 1 unspecified atom stereocenters. The van der Waals surface area contributed by atoms with Gasteiger partial charge in [0.05, 0.1) is 11.9 Å². The zero-order chi connectivity index (χ0) is 28.1. The molecule has 212 valence electrons. The first-order valence-corrected chi connectivity index (χ1v) is 14.7. The van der Waals surface area contributed by atoms with Crippen molar-refractivity contribution >= 4 is 40.8 Å². The van der Waals surface area contributed by atoms with Crippen molar-refractivity contribution in [3.63, 3.8) is 0 Å². The maximum Gasteiger partial charge on any atom is 0.323 e. The Labute approximate surface area is 245 Å². The highest BCUT2D eigenvalue weighted by Gasteiger charge is 2.30. The van der Waals surface area contributed by atoms with Crippen molar-refractivity contribution in [3.8, 4) is 11.3 Å². The Morgan fingerprint density at radius 3 is 2.65 bits per heavy atom.